The van der Waals surface area contributed by atoms with Gasteiger partial charge in [0.1, 0.15) is 24.1 Å². The van der Waals surface area contributed by atoms with E-state index in [9.17, 15) is 18.0 Å². The summed E-state index contributed by atoms with van der Waals surface area (Å²) < 4.78 is 37.8. The number of carbonyl (C=O) groups is 2. The molecule has 226 valence electrons. The van der Waals surface area contributed by atoms with Crippen molar-refractivity contribution < 1.29 is 27.5 Å². The average Bonchev–Trinajstić information content (AvgIpc) is 2.94. The second-order valence-corrected chi connectivity index (χ2v) is 12.6. The lowest BCUT2D eigenvalue weighted by Crippen LogP contribution is -2.54. The molecule has 0 aliphatic heterocycles. The standard InChI is InChI=1S/C30H35Cl2N3O6S/c1-20(2)33-30(37)27(16-21-10-7-6-8-11-21)34(18-23-24(31)12-9-13-25(23)32)29(36)19-35(42(5,38)39)26-17-22(40-3)14-15-28(26)41-4/h6-15,17,20,27H,16,18-19H2,1-5H3,(H,33,37). The molecule has 3 rings (SSSR count). The van der Waals surface area contributed by atoms with Crippen molar-refractivity contribution in [1.82, 2.24) is 10.2 Å². The van der Waals surface area contributed by atoms with Crippen molar-refractivity contribution in [2.75, 3.05) is 31.3 Å². The first-order valence-corrected chi connectivity index (χ1v) is 15.7. The van der Waals surface area contributed by atoms with Crippen LogP contribution in [0.5, 0.6) is 11.5 Å². The number of benzene rings is 3. The molecule has 0 bridgehead atoms. The lowest BCUT2D eigenvalue weighted by molar-refractivity contribution is -0.140. The summed E-state index contributed by atoms with van der Waals surface area (Å²) in [6.07, 6.45) is 1.15. The van der Waals surface area contributed by atoms with Crippen molar-refractivity contribution in [2.24, 2.45) is 0 Å². The highest BCUT2D eigenvalue weighted by Gasteiger charge is 2.34. The molecule has 0 aliphatic rings. The van der Waals surface area contributed by atoms with Gasteiger partial charge < -0.3 is 19.7 Å². The number of carbonyl (C=O) groups excluding carboxylic acids is 2. The monoisotopic (exact) mass is 635 g/mol. The highest BCUT2D eigenvalue weighted by Crippen LogP contribution is 2.34. The maximum Gasteiger partial charge on any atom is 0.244 e. The Bertz CT molecular complexity index is 1480. The Morgan fingerprint density at radius 2 is 1.57 bits per heavy atom. The van der Waals surface area contributed by atoms with Crippen molar-refractivity contribution in [3.63, 3.8) is 0 Å². The Balaban J connectivity index is 2.15. The van der Waals surface area contributed by atoms with Gasteiger partial charge in [-0.15, -0.1) is 0 Å². The highest BCUT2D eigenvalue weighted by molar-refractivity contribution is 7.92. The molecule has 12 heteroatoms. The van der Waals surface area contributed by atoms with Crippen LogP contribution in [0.1, 0.15) is 25.0 Å². The van der Waals surface area contributed by atoms with Crippen molar-refractivity contribution >= 4 is 50.7 Å². The number of ether oxygens (including phenoxy) is 2. The molecule has 1 N–H and O–H groups in total. The van der Waals surface area contributed by atoms with Gasteiger partial charge in [0.2, 0.25) is 21.8 Å². The van der Waals surface area contributed by atoms with Crippen molar-refractivity contribution in [3.05, 3.63) is 87.9 Å². The molecule has 0 radical (unpaired) electrons. The molecule has 1 atom stereocenters. The molecule has 0 spiro atoms. The lowest BCUT2D eigenvalue weighted by Gasteiger charge is -2.34. The summed E-state index contributed by atoms with van der Waals surface area (Å²) in [4.78, 5) is 29.2. The van der Waals surface area contributed by atoms with Gasteiger partial charge in [0.05, 0.1) is 26.2 Å². The third-order valence-corrected chi connectivity index (χ3v) is 8.26. The Morgan fingerprint density at radius 3 is 2.12 bits per heavy atom. The maximum atomic E-state index is 14.3. The maximum absolute atomic E-state index is 14.3. The zero-order chi connectivity index (χ0) is 31.0. The second-order valence-electron chi connectivity index (χ2n) is 9.90. The van der Waals surface area contributed by atoms with Crippen molar-refractivity contribution in [2.45, 2.75) is 38.9 Å². The Hall–Kier alpha value is -3.47. The topological polar surface area (TPSA) is 105 Å². The average molecular weight is 637 g/mol. The van der Waals surface area contributed by atoms with Crippen molar-refractivity contribution in [1.29, 1.82) is 0 Å². The predicted molar refractivity (Wildman–Crippen MR) is 166 cm³/mol. The fourth-order valence-electron chi connectivity index (χ4n) is 4.37. The van der Waals surface area contributed by atoms with Gasteiger partial charge in [-0.1, -0.05) is 59.6 Å². The first-order chi connectivity index (χ1) is 19.8. The second kappa shape index (κ2) is 14.6. The molecule has 3 aromatic carbocycles. The number of amides is 2. The zero-order valence-electron chi connectivity index (χ0n) is 24.1. The number of hydrogen-bond acceptors (Lipinski definition) is 6. The van der Waals surface area contributed by atoms with Crippen LogP contribution in [0.15, 0.2) is 66.7 Å². The van der Waals surface area contributed by atoms with E-state index >= 15 is 0 Å². The minimum atomic E-state index is -4.02. The van der Waals surface area contributed by atoms with E-state index in [1.807, 2.05) is 44.2 Å². The molecule has 1 unspecified atom stereocenters. The third-order valence-electron chi connectivity index (χ3n) is 6.43. The molecule has 2 amide bonds. The molecule has 0 aliphatic carbocycles. The Labute approximate surface area is 257 Å². The first-order valence-electron chi connectivity index (χ1n) is 13.1. The molecule has 0 aromatic heterocycles. The molecule has 0 saturated carbocycles. The van der Waals surface area contributed by atoms with Crippen molar-refractivity contribution in [3.8, 4) is 11.5 Å². The molecule has 9 nitrogen and oxygen atoms in total. The summed E-state index contributed by atoms with van der Waals surface area (Å²) in [5.41, 5.74) is 1.34. The first kappa shape index (κ1) is 33.0. The van der Waals surface area contributed by atoms with Gasteiger partial charge in [-0.25, -0.2) is 8.42 Å². The van der Waals surface area contributed by atoms with Crippen LogP contribution < -0.4 is 19.1 Å². The molecular weight excluding hydrogens is 601 g/mol. The van der Waals surface area contributed by atoms with Gasteiger partial charge >= 0.3 is 0 Å². The number of anilines is 1. The van der Waals surface area contributed by atoms with Gasteiger partial charge in [0.15, 0.2) is 0 Å². The largest absolute Gasteiger partial charge is 0.497 e. The molecule has 0 fully saturated rings. The SMILES string of the molecule is COc1ccc(OC)c(N(CC(=O)N(Cc2c(Cl)cccc2Cl)C(Cc2ccccc2)C(=O)NC(C)C)S(C)(=O)=O)c1. The van der Waals surface area contributed by atoms with E-state index in [1.165, 1.54) is 25.2 Å². The number of rotatable bonds is 13. The van der Waals surface area contributed by atoms with Crippen LogP contribution in [0.4, 0.5) is 5.69 Å². The summed E-state index contributed by atoms with van der Waals surface area (Å²) in [5, 5.41) is 3.50. The minimum absolute atomic E-state index is 0.106. The molecular formula is C30H35Cl2N3O6S. The van der Waals surface area contributed by atoms with Gasteiger partial charge in [0.25, 0.3) is 0 Å². The van der Waals surface area contributed by atoms with E-state index in [0.29, 0.717) is 21.4 Å². The summed E-state index contributed by atoms with van der Waals surface area (Å²) >= 11 is 13.0. The molecule has 3 aromatic rings. The fraction of sp³-hybridized carbons (Fsp3) is 0.333. The van der Waals surface area contributed by atoms with Crippen LogP contribution >= 0.6 is 23.2 Å². The van der Waals surface area contributed by atoms with Crippen LogP contribution in [0, 0.1) is 0 Å². The van der Waals surface area contributed by atoms with Crippen LogP contribution in [0.2, 0.25) is 10.0 Å². The van der Waals surface area contributed by atoms with Crippen LogP contribution in [0.3, 0.4) is 0 Å². The van der Waals surface area contributed by atoms with Crippen LogP contribution in [-0.4, -0.2) is 64.2 Å². The summed E-state index contributed by atoms with van der Waals surface area (Å²) in [6, 6.07) is 17.6. The van der Waals surface area contributed by atoms with Gasteiger partial charge in [-0.3, -0.25) is 13.9 Å². The number of methoxy groups -OCH3 is 2. The fourth-order valence-corrected chi connectivity index (χ4v) is 5.74. The van der Waals surface area contributed by atoms with E-state index in [1.54, 1.807) is 30.3 Å². The predicted octanol–water partition coefficient (Wildman–Crippen LogP) is 4.94. The third kappa shape index (κ3) is 8.53. The van der Waals surface area contributed by atoms with Gasteiger partial charge in [0, 0.05) is 40.7 Å². The Kier molecular flexibility index (Phi) is 11.5. The number of hydrogen-bond donors (Lipinski definition) is 1. The smallest absolute Gasteiger partial charge is 0.244 e. The van der Waals surface area contributed by atoms with E-state index in [2.05, 4.69) is 5.32 Å². The number of halogens is 2. The van der Waals surface area contributed by atoms with E-state index in [-0.39, 0.29) is 30.4 Å². The van der Waals surface area contributed by atoms with Gasteiger partial charge in [-0.05, 0) is 43.7 Å². The van der Waals surface area contributed by atoms with Crippen LogP contribution in [0.25, 0.3) is 0 Å². The Morgan fingerprint density at radius 1 is 0.929 bits per heavy atom. The molecule has 0 heterocycles. The summed E-state index contributed by atoms with van der Waals surface area (Å²) in [5.74, 6) is -0.477. The number of sulfonamides is 1. The number of nitrogens with zero attached hydrogens (tertiary/aromatic N) is 2. The quantitative estimate of drug-likeness (QED) is 0.285. The summed E-state index contributed by atoms with van der Waals surface area (Å²) in [7, 11) is -1.18. The molecule has 42 heavy (non-hydrogen) atoms. The summed E-state index contributed by atoms with van der Waals surface area (Å²) in [6.45, 7) is 2.85. The van der Waals surface area contributed by atoms with E-state index in [0.717, 1.165) is 16.1 Å². The lowest BCUT2D eigenvalue weighted by atomic mass is 10.0. The minimum Gasteiger partial charge on any atom is -0.497 e. The van der Waals surface area contributed by atoms with Gasteiger partial charge in [-0.2, -0.15) is 0 Å². The highest BCUT2D eigenvalue weighted by atomic mass is 35.5. The van der Waals surface area contributed by atoms with E-state index < -0.39 is 34.4 Å². The number of nitrogens with one attached hydrogen (secondary N) is 1. The van der Waals surface area contributed by atoms with Crippen LogP contribution in [-0.2, 0) is 32.6 Å². The van der Waals surface area contributed by atoms with E-state index in [4.69, 9.17) is 32.7 Å². The molecule has 0 saturated heterocycles. The zero-order valence-corrected chi connectivity index (χ0v) is 26.5. The normalized spacial score (nSPS) is 12.0.